The van der Waals surface area contributed by atoms with Crippen LogP contribution in [0.25, 0.3) is 11.3 Å². The monoisotopic (exact) mass is 432 g/mol. The Morgan fingerprint density at radius 1 is 1.31 bits per heavy atom. The summed E-state index contributed by atoms with van der Waals surface area (Å²) < 4.78 is 26.6. The number of methoxy groups -OCH3 is 1. The fourth-order valence-electron chi connectivity index (χ4n) is 3.85. The van der Waals surface area contributed by atoms with Gasteiger partial charge in [-0.1, -0.05) is 17.9 Å². The Hall–Kier alpha value is -3.83. The van der Waals surface area contributed by atoms with Crippen LogP contribution >= 0.6 is 0 Å². The number of anilines is 1. The van der Waals surface area contributed by atoms with Crippen LogP contribution in [0.2, 0.25) is 0 Å². The summed E-state index contributed by atoms with van der Waals surface area (Å²) in [4.78, 5) is 16.8. The lowest BCUT2D eigenvalue weighted by Crippen LogP contribution is -2.33. The Bertz CT molecular complexity index is 1250. The average Bonchev–Trinajstić information content (AvgIpc) is 3.13. The maximum atomic E-state index is 14.3. The molecule has 0 saturated carbocycles. The van der Waals surface area contributed by atoms with E-state index in [4.69, 9.17) is 9.47 Å². The summed E-state index contributed by atoms with van der Waals surface area (Å²) in [7, 11) is 1.42. The molecule has 162 valence electrons. The molecule has 0 bridgehead atoms. The minimum absolute atomic E-state index is 0.0980. The molecule has 1 aromatic carbocycles. The van der Waals surface area contributed by atoms with Gasteiger partial charge in [-0.05, 0) is 24.3 Å². The molecule has 2 aromatic heterocycles. The largest absolute Gasteiger partial charge is 0.492 e. The van der Waals surface area contributed by atoms with E-state index in [1.807, 2.05) is 16.8 Å². The van der Waals surface area contributed by atoms with Gasteiger partial charge < -0.3 is 14.8 Å². The number of nitrogens with one attached hydrogen (secondary N) is 2. The van der Waals surface area contributed by atoms with Gasteiger partial charge >= 0.3 is 0 Å². The number of benzene rings is 1. The van der Waals surface area contributed by atoms with Gasteiger partial charge in [0.15, 0.2) is 11.6 Å². The van der Waals surface area contributed by atoms with Gasteiger partial charge in [-0.2, -0.15) is 0 Å². The van der Waals surface area contributed by atoms with Crippen LogP contribution in [0, 0.1) is 23.6 Å². The number of nitrogens with zero attached hydrogens (tertiary/aromatic N) is 2. The summed E-state index contributed by atoms with van der Waals surface area (Å²) in [5.41, 5.74) is 7.37. The van der Waals surface area contributed by atoms with Gasteiger partial charge in [0, 0.05) is 30.9 Å². The lowest BCUT2D eigenvalue weighted by Gasteiger charge is -2.21. The number of amides is 1. The van der Waals surface area contributed by atoms with E-state index in [1.165, 1.54) is 13.2 Å². The lowest BCUT2D eigenvalue weighted by molar-refractivity contribution is -0.00300. The third-order valence-corrected chi connectivity index (χ3v) is 5.54. The Balaban J connectivity index is 1.65. The second-order valence-corrected chi connectivity index (χ2v) is 7.59. The highest BCUT2D eigenvalue weighted by molar-refractivity contribution is 5.98. The van der Waals surface area contributed by atoms with Crippen molar-refractivity contribution < 1.29 is 18.7 Å². The SMILES string of the molecule is COc1c(F)cccc1Nn1c(-c2ccncc2C#CC2COC2)cc2c1CCNC2=O. The van der Waals surface area contributed by atoms with Gasteiger partial charge in [0.1, 0.15) is 0 Å². The Kier molecular flexibility index (Phi) is 5.25. The van der Waals surface area contributed by atoms with E-state index >= 15 is 0 Å². The standard InChI is InChI=1S/C24H21FN4O3/c1-31-23-19(25)3-2-4-20(23)28-29-21-8-10-27-24(30)18(21)11-22(29)17-7-9-26-12-16(17)6-5-15-13-32-14-15/h2-4,7,9,11-12,15,28H,8,10,13-14H2,1H3,(H,27,30). The number of fused-ring (bicyclic) bond motifs is 1. The Labute approximate surface area is 184 Å². The van der Waals surface area contributed by atoms with Crippen LogP contribution < -0.4 is 15.5 Å². The predicted octanol–water partition coefficient (Wildman–Crippen LogP) is 2.86. The minimum Gasteiger partial charge on any atom is -0.492 e. The smallest absolute Gasteiger partial charge is 0.253 e. The number of ether oxygens (including phenoxy) is 2. The fraction of sp³-hybridized carbons (Fsp3) is 0.250. The normalized spacial score (nSPS) is 15.1. The summed E-state index contributed by atoms with van der Waals surface area (Å²) in [5, 5.41) is 2.88. The molecular weight excluding hydrogens is 411 g/mol. The third kappa shape index (κ3) is 3.57. The van der Waals surface area contributed by atoms with Crippen LogP contribution in [0.15, 0.2) is 42.7 Å². The minimum atomic E-state index is -0.476. The molecule has 5 rings (SSSR count). The predicted molar refractivity (Wildman–Crippen MR) is 117 cm³/mol. The topological polar surface area (TPSA) is 77.4 Å². The summed E-state index contributed by atoms with van der Waals surface area (Å²) in [5.74, 6) is 6.11. The molecule has 7 nitrogen and oxygen atoms in total. The van der Waals surface area contributed by atoms with Crippen LogP contribution in [-0.4, -0.2) is 42.4 Å². The number of hydrogen-bond donors (Lipinski definition) is 2. The van der Waals surface area contributed by atoms with Crippen molar-refractivity contribution in [3.05, 3.63) is 65.4 Å². The van der Waals surface area contributed by atoms with E-state index in [1.54, 1.807) is 24.5 Å². The lowest BCUT2D eigenvalue weighted by atomic mass is 10.0. The van der Waals surface area contributed by atoms with Crippen molar-refractivity contribution in [1.29, 1.82) is 0 Å². The van der Waals surface area contributed by atoms with E-state index in [0.29, 0.717) is 37.4 Å². The van der Waals surface area contributed by atoms with Crippen LogP contribution in [0.1, 0.15) is 21.6 Å². The van der Waals surface area contributed by atoms with Crippen molar-refractivity contribution in [2.24, 2.45) is 5.92 Å². The van der Waals surface area contributed by atoms with Gasteiger partial charge in [0.05, 0.1) is 54.4 Å². The summed E-state index contributed by atoms with van der Waals surface area (Å²) >= 11 is 0. The van der Waals surface area contributed by atoms with Crippen molar-refractivity contribution >= 4 is 11.6 Å². The van der Waals surface area contributed by atoms with Crippen LogP contribution in [-0.2, 0) is 11.2 Å². The van der Waals surface area contributed by atoms with Crippen molar-refractivity contribution in [2.75, 3.05) is 32.3 Å². The maximum absolute atomic E-state index is 14.3. The van der Waals surface area contributed by atoms with Gasteiger partial charge in [-0.3, -0.25) is 19.9 Å². The van der Waals surface area contributed by atoms with Crippen LogP contribution in [0.3, 0.4) is 0 Å². The first-order chi connectivity index (χ1) is 15.7. The molecule has 2 aliphatic heterocycles. The molecule has 1 fully saturated rings. The zero-order valence-corrected chi connectivity index (χ0v) is 17.4. The third-order valence-electron chi connectivity index (χ3n) is 5.54. The second kappa shape index (κ2) is 8.36. The van der Waals surface area contributed by atoms with Gasteiger partial charge in [0.2, 0.25) is 0 Å². The highest BCUT2D eigenvalue weighted by Gasteiger charge is 2.26. The molecule has 0 radical (unpaired) electrons. The van der Waals surface area contributed by atoms with Crippen molar-refractivity contribution in [3.63, 3.8) is 0 Å². The fourth-order valence-corrected chi connectivity index (χ4v) is 3.85. The van der Waals surface area contributed by atoms with Crippen molar-refractivity contribution in [2.45, 2.75) is 6.42 Å². The average molecular weight is 432 g/mol. The first-order valence-corrected chi connectivity index (χ1v) is 10.3. The van der Waals surface area contributed by atoms with Crippen LogP contribution in [0.5, 0.6) is 5.75 Å². The molecular formula is C24H21FN4O3. The van der Waals surface area contributed by atoms with Gasteiger partial charge in [-0.25, -0.2) is 4.39 Å². The zero-order chi connectivity index (χ0) is 22.1. The van der Waals surface area contributed by atoms with E-state index in [9.17, 15) is 9.18 Å². The Morgan fingerprint density at radius 2 is 2.19 bits per heavy atom. The molecule has 1 amide bonds. The van der Waals surface area contributed by atoms with E-state index in [2.05, 4.69) is 27.6 Å². The molecule has 0 aliphatic carbocycles. The number of para-hydroxylation sites is 1. The maximum Gasteiger partial charge on any atom is 0.253 e. The molecule has 2 N–H and O–H groups in total. The highest BCUT2D eigenvalue weighted by Crippen LogP contribution is 2.33. The number of aromatic nitrogens is 2. The number of rotatable bonds is 4. The summed E-state index contributed by atoms with van der Waals surface area (Å²) in [6.45, 7) is 1.78. The second-order valence-electron chi connectivity index (χ2n) is 7.59. The van der Waals surface area contributed by atoms with E-state index in [-0.39, 0.29) is 17.6 Å². The van der Waals surface area contributed by atoms with E-state index in [0.717, 1.165) is 22.5 Å². The number of pyridine rings is 1. The molecule has 2 aliphatic rings. The first kappa shape index (κ1) is 20.1. The van der Waals surface area contributed by atoms with Gasteiger partial charge in [-0.15, -0.1) is 0 Å². The van der Waals surface area contributed by atoms with Crippen LogP contribution in [0.4, 0.5) is 10.1 Å². The number of carbonyl (C=O) groups excluding carboxylic acids is 1. The quantitative estimate of drug-likeness (QED) is 0.620. The zero-order valence-electron chi connectivity index (χ0n) is 17.4. The molecule has 0 atom stereocenters. The molecule has 8 heteroatoms. The molecule has 0 unspecified atom stereocenters. The molecule has 0 spiro atoms. The molecule has 4 heterocycles. The Morgan fingerprint density at radius 3 is 2.97 bits per heavy atom. The molecule has 32 heavy (non-hydrogen) atoms. The molecule has 3 aromatic rings. The summed E-state index contributed by atoms with van der Waals surface area (Å²) in [6, 6.07) is 8.36. The first-order valence-electron chi connectivity index (χ1n) is 10.3. The molecule has 1 saturated heterocycles. The number of halogens is 1. The summed E-state index contributed by atoms with van der Waals surface area (Å²) in [6.07, 6.45) is 4.02. The van der Waals surface area contributed by atoms with Crippen molar-refractivity contribution in [3.8, 4) is 28.8 Å². The van der Waals surface area contributed by atoms with Gasteiger partial charge in [0.25, 0.3) is 5.91 Å². The highest BCUT2D eigenvalue weighted by atomic mass is 19.1. The number of carbonyl (C=O) groups is 1. The van der Waals surface area contributed by atoms with Crippen molar-refractivity contribution in [1.82, 2.24) is 15.0 Å². The number of hydrogen-bond acceptors (Lipinski definition) is 5. The van der Waals surface area contributed by atoms with E-state index < -0.39 is 5.82 Å².